The number of piperidine rings is 1. The highest BCUT2D eigenvalue weighted by Gasteiger charge is 2.24. The van der Waals surface area contributed by atoms with E-state index < -0.39 is 0 Å². The van der Waals surface area contributed by atoms with Crippen molar-refractivity contribution >= 4 is 28.4 Å². The molecule has 0 amide bonds. The lowest BCUT2D eigenvalue weighted by Gasteiger charge is -2.35. The number of anilines is 3. The van der Waals surface area contributed by atoms with Crippen molar-refractivity contribution in [2.75, 3.05) is 61.1 Å². The summed E-state index contributed by atoms with van der Waals surface area (Å²) in [6.45, 7) is 5.72. The minimum Gasteiger partial charge on any atom is -0.378 e. The number of hydrogen-bond acceptors (Lipinski definition) is 7. The molecule has 5 rings (SSSR count). The lowest BCUT2D eigenvalue weighted by molar-refractivity contribution is 0.122. The van der Waals surface area contributed by atoms with Crippen molar-refractivity contribution in [3.63, 3.8) is 0 Å². The van der Waals surface area contributed by atoms with Gasteiger partial charge in [0.2, 0.25) is 0 Å². The molecule has 2 aliphatic rings. The fourth-order valence-electron chi connectivity index (χ4n) is 4.35. The summed E-state index contributed by atoms with van der Waals surface area (Å²) in [7, 11) is 0. The molecule has 5 heterocycles. The molecule has 1 N–H and O–H groups in total. The average molecular weight is 423 g/mol. The van der Waals surface area contributed by atoms with Crippen molar-refractivity contribution in [2.24, 2.45) is 5.92 Å². The zero-order valence-corrected chi connectivity index (χ0v) is 17.5. The Kier molecular flexibility index (Phi) is 5.80. The van der Waals surface area contributed by atoms with E-state index in [0.717, 1.165) is 81.3 Å². The van der Waals surface area contributed by atoms with E-state index in [2.05, 4.69) is 37.2 Å². The Labute approximate surface area is 181 Å². The Balaban J connectivity index is 1.30. The summed E-state index contributed by atoms with van der Waals surface area (Å²) < 4.78 is 19.3. The quantitative estimate of drug-likeness (QED) is 0.677. The highest BCUT2D eigenvalue weighted by molar-refractivity contribution is 5.91. The van der Waals surface area contributed by atoms with Crippen LogP contribution in [0, 0.1) is 11.7 Å². The third-order valence-corrected chi connectivity index (χ3v) is 6.13. The highest BCUT2D eigenvalue weighted by Crippen LogP contribution is 2.31. The van der Waals surface area contributed by atoms with Crippen LogP contribution in [0.15, 0.2) is 42.7 Å². The second-order valence-corrected chi connectivity index (χ2v) is 8.12. The van der Waals surface area contributed by atoms with E-state index in [1.807, 2.05) is 12.3 Å². The molecule has 162 valence electrons. The van der Waals surface area contributed by atoms with E-state index >= 15 is 0 Å². The minimum atomic E-state index is -0.303. The molecule has 0 aliphatic carbocycles. The standard InChI is InChI=1S/C23H27FN6O/c24-19-4-2-8-26-22(19)27-16-17-5-9-30(10-6-17)23-18-3-1-7-25-20(18)15-21(28-23)29-11-13-31-14-12-29/h1-4,7-8,15,17H,5-6,9-14,16H2,(H,26,27). The Bertz CT molecular complexity index is 1030. The summed E-state index contributed by atoms with van der Waals surface area (Å²) in [6.07, 6.45) is 5.49. The number of nitrogens with zero attached hydrogens (tertiary/aromatic N) is 5. The predicted molar refractivity (Wildman–Crippen MR) is 120 cm³/mol. The molecule has 3 aromatic rings. The van der Waals surface area contributed by atoms with Gasteiger partial charge < -0.3 is 19.9 Å². The number of hydrogen-bond donors (Lipinski definition) is 1. The zero-order valence-electron chi connectivity index (χ0n) is 17.5. The van der Waals surface area contributed by atoms with Crippen LogP contribution in [0.25, 0.3) is 10.9 Å². The lowest BCUT2D eigenvalue weighted by atomic mass is 9.96. The molecule has 2 saturated heterocycles. The second-order valence-electron chi connectivity index (χ2n) is 8.12. The summed E-state index contributed by atoms with van der Waals surface area (Å²) >= 11 is 0. The molecular weight excluding hydrogens is 395 g/mol. The smallest absolute Gasteiger partial charge is 0.165 e. The van der Waals surface area contributed by atoms with Crippen molar-refractivity contribution in [1.82, 2.24) is 15.0 Å². The summed E-state index contributed by atoms with van der Waals surface area (Å²) in [5.41, 5.74) is 0.975. The van der Waals surface area contributed by atoms with Crippen LogP contribution in [0.1, 0.15) is 12.8 Å². The van der Waals surface area contributed by atoms with Crippen LogP contribution < -0.4 is 15.1 Å². The average Bonchev–Trinajstić information content (AvgIpc) is 2.84. The van der Waals surface area contributed by atoms with Gasteiger partial charge in [0.25, 0.3) is 0 Å². The summed E-state index contributed by atoms with van der Waals surface area (Å²) in [5.74, 6) is 2.49. The van der Waals surface area contributed by atoms with Crippen molar-refractivity contribution < 1.29 is 9.13 Å². The van der Waals surface area contributed by atoms with Gasteiger partial charge in [0.1, 0.15) is 11.6 Å². The largest absolute Gasteiger partial charge is 0.378 e. The molecule has 0 saturated carbocycles. The van der Waals surface area contributed by atoms with Crippen LogP contribution in [-0.4, -0.2) is 60.9 Å². The maximum Gasteiger partial charge on any atom is 0.165 e. The molecule has 0 bridgehead atoms. The molecular formula is C23H27FN6O. The topological polar surface area (TPSA) is 66.4 Å². The van der Waals surface area contributed by atoms with Crippen LogP contribution in [0.2, 0.25) is 0 Å². The molecule has 3 aromatic heterocycles. The number of pyridine rings is 3. The maximum atomic E-state index is 13.8. The first-order chi connectivity index (χ1) is 15.3. The molecule has 0 unspecified atom stereocenters. The fraction of sp³-hybridized carbons (Fsp3) is 0.435. The van der Waals surface area contributed by atoms with Crippen LogP contribution in [0.4, 0.5) is 21.8 Å². The Morgan fingerprint density at radius 2 is 1.77 bits per heavy atom. The van der Waals surface area contributed by atoms with Gasteiger partial charge in [-0.3, -0.25) is 4.98 Å². The third-order valence-electron chi connectivity index (χ3n) is 6.13. The number of morpholine rings is 1. The van der Waals surface area contributed by atoms with Gasteiger partial charge >= 0.3 is 0 Å². The first-order valence-electron chi connectivity index (χ1n) is 11.0. The molecule has 7 nitrogen and oxygen atoms in total. The molecule has 2 aliphatic heterocycles. The SMILES string of the molecule is Fc1cccnc1NCC1CCN(c2nc(N3CCOCC3)cc3ncccc23)CC1. The predicted octanol–water partition coefficient (Wildman–Crippen LogP) is 3.33. The van der Waals surface area contributed by atoms with Gasteiger partial charge in [-0.2, -0.15) is 0 Å². The van der Waals surface area contributed by atoms with Crippen molar-refractivity contribution in [3.05, 3.63) is 48.5 Å². The van der Waals surface area contributed by atoms with E-state index in [9.17, 15) is 4.39 Å². The third kappa shape index (κ3) is 4.39. The first-order valence-corrected chi connectivity index (χ1v) is 11.0. The van der Waals surface area contributed by atoms with Crippen molar-refractivity contribution in [2.45, 2.75) is 12.8 Å². The fourth-order valence-corrected chi connectivity index (χ4v) is 4.35. The zero-order chi connectivity index (χ0) is 21.0. The van der Waals surface area contributed by atoms with Crippen molar-refractivity contribution in [3.8, 4) is 0 Å². The van der Waals surface area contributed by atoms with E-state index in [1.54, 1.807) is 12.3 Å². The van der Waals surface area contributed by atoms with E-state index in [-0.39, 0.29) is 5.82 Å². The minimum absolute atomic E-state index is 0.303. The molecule has 2 fully saturated rings. The van der Waals surface area contributed by atoms with Gasteiger partial charge in [-0.05, 0) is 43.0 Å². The van der Waals surface area contributed by atoms with E-state index in [0.29, 0.717) is 11.7 Å². The van der Waals surface area contributed by atoms with Gasteiger partial charge in [-0.25, -0.2) is 14.4 Å². The first kappa shape index (κ1) is 19.9. The summed E-state index contributed by atoms with van der Waals surface area (Å²) in [6, 6.07) is 9.20. The number of halogens is 1. The number of nitrogens with one attached hydrogen (secondary N) is 1. The molecule has 8 heteroatoms. The molecule has 0 aromatic carbocycles. The van der Waals surface area contributed by atoms with Crippen molar-refractivity contribution in [1.29, 1.82) is 0 Å². The lowest BCUT2D eigenvalue weighted by Crippen LogP contribution is -2.38. The number of aromatic nitrogens is 3. The highest BCUT2D eigenvalue weighted by atomic mass is 19.1. The number of fused-ring (bicyclic) bond motifs is 1. The van der Waals surface area contributed by atoms with Gasteiger partial charge in [0.05, 0.1) is 18.7 Å². The maximum absolute atomic E-state index is 13.8. The van der Waals surface area contributed by atoms with E-state index in [1.165, 1.54) is 6.07 Å². The molecule has 31 heavy (non-hydrogen) atoms. The Morgan fingerprint density at radius 1 is 1.00 bits per heavy atom. The molecule has 0 spiro atoms. The summed E-state index contributed by atoms with van der Waals surface area (Å²) in [4.78, 5) is 18.4. The molecule has 0 radical (unpaired) electrons. The second kappa shape index (κ2) is 9.01. The van der Waals surface area contributed by atoms with E-state index in [4.69, 9.17) is 9.72 Å². The number of ether oxygens (including phenoxy) is 1. The van der Waals surface area contributed by atoms with Crippen LogP contribution in [0.5, 0.6) is 0 Å². The Morgan fingerprint density at radius 3 is 2.58 bits per heavy atom. The van der Waals surface area contributed by atoms with Gasteiger partial charge in [-0.15, -0.1) is 0 Å². The molecule has 0 atom stereocenters. The Hall–Kier alpha value is -3.00. The number of rotatable bonds is 5. The van der Waals surface area contributed by atoms with Gasteiger partial charge in [0.15, 0.2) is 11.6 Å². The summed E-state index contributed by atoms with van der Waals surface area (Å²) in [5, 5.41) is 4.26. The monoisotopic (exact) mass is 422 g/mol. The normalized spacial score (nSPS) is 17.8. The van der Waals surface area contributed by atoms with Crippen LogP contribution in [-0.2, 0) is 4.74 Å². The van der Waals surface area contributed by atoms with Gasteiger partial charge in [0, 0.05) is 56.6 Å². The van der Waals surface area contributed by atoms with Crippen LogP contribution in [0.3, 0.4) is 0 Å². The van der Waals surface area contributed by atoms with Gasteiger partial charge in [-0.1, -0.05) is 0 Å². The van der Waals surface area contributed by atoms with Crippen LogP contribution >= 0.6 is 0 Å².